The second-order valence-corrected chi connectivity index (χ2v) is 4.64. The van der Waals surface area contributed by atoms with E-state index in [1.165, 1.54) is 24.6 Å². The summed E-state index contributed by atoms with van der Waals surface area (Å²) in [7, 11) is 3.03. The van der Waals surface area contributed by atoms with Crippen molar-refractivity contribution < 1.29 is 14.3 Å². The van der Waals surface area contributed by atoms with Gasteiger partial charge in [-0.1, -0.05) is 24.7 Å². The third kappa shape index (κ3) is 4.32. The molecule has 6 heteroatoms. The summed E-state index contributed by atoms with van der Waals surface area (Å²) < 4.78 is 9.76. The van der Waals surface area contributed by atoms with E-state index in [1.54, 1.807) is 7.11 Å². The molecule has 1 atom stereocenters. The van der Waals surface area contributed by atoms with Gasteiger partial charge in [-0.05, 0) is 6.42 Å². The van der Waals surface area contributed by atoms with Gasteiger partial charge in [-0.2, -0.15) is 0 Å². The summed E-state index contributed by atoms with van der Waals surface area (Å²) in [5.74, 6) is -0.352. The number of aromatic nitrogens is 1. The van der Waals surface area contributed by atoms with Gasteiger partial charge in [-0.15, -0.1) is 0 Å². The molecule has 1 heterocycles. The minimum Gasteiger partial charge on any atom is -0.465 e. The van der Waals surface area contributed by atoms with Crippen LogP contribution in [0.1, 0.15) is 29.4 Å². The number of hydrogen-bond acceptors (Lipinski definition) is 6. The largest absolute Gasteiger partial charge is 0.465 e. The van der Waals surface area contributed by atoms with E-state index in [2.05, 4.69) is 22.0 Å². The standard InChI is InChI=1S/C11H18N2O3S/c1-4-5-8(7-15-2)13-11-12-6-9(17-11)10(14)16-3/h6,8H,4-5,7H2,1-3H3,(H,12,13). The molecule has 0 aromatic carbocycles. The Morgan fingerprint density at radius 3 is 2.94 bits per heavy atom. The Balaban J connectivity index is 2.60. The Morgan fingerprint density at radius 2 is 2.35 bits per heavy atom. The van der Waals surface area contributed by atoms with Crippen molar-refractivity contribution >= 4 is 22.4 Å². The maximum Gasteiger partial charge on any atom is 0.349 e. The van der Waals surface area contributed by atoms with Crippen LogP contribution >= 0.6 is 11.3 Å². The quantitative estimate of drug-likeness (QED) is 0.759. The molecule has 1 rings (SSSR count). The van der Waals surface area contributed by atoms with Gasteiger partial charge in [-0.3, -0.25) is 0 Å². The molecule has 5 nitrogen and oxygen atoms in total. The van der Waals surface area contributed by atoms with E-state index in [0.717, 1.165) is 18.0 Å². The topological polar surface area (TPSA) is 60.5 Å². The van der Waals surface area contributed by atoms with Crippen LogP contribution in [0, 0.1) is 0 Å². The normalized spacial score (nSPS) is 12.2. The van der Waals surface area contributed by atoms with Gasteiger partial charge >= 0.3 is 5.97 Å². The fourth-order valence-electron chi connectivity index (χ4n) is 1.46. The molecule has 1 unspecified atom stereocenters. The summed E-state index contributed by atoms with van der Waals surface area (Å²) >= 11 is 1.29. The SMILES string of the molecule is CCCC(COC)Nc1ncc(C(=O)OC)s1. The van der Waals surface area contributed by atoms with Crippen molar-refractivity contribution in [1.82, 2.24) is 4.98 Å². The van der Waals surface area contributed by atoms with Crippen molar-refractivity contribution in [3.63, 3.8) is 0 Å². The predicted molar refractivity (Wildman–Crippen MR) is 67.6 cm³/mol. The first-order valence-corrected chi connectivity index (χ1v) is 6.32. The number of anilines is 1. The molecule has 0 spiro atoms. The molecule has 0 saturated heterocycles. The van der Waals surface area contributed by atoms with Gasteiger partial charge in [0.25, 0.3) is 0 Å². The average molecular weight is 258 g/mol. The molecule has 0 aliphatic heterocycles. The lowest BCUT2D eigenvalue weighted by molar-refractivity contribution is 0.0606. The van der Waals surface area contributed by atoms with Crippen molar-refractivity contribution in [1.29, 1.82) is 0 Å². The van der Waals surface area contributed by atoms with Crippen LogP contribution in [0.25, 0.3) is 0 Å². The van der Waals surface area contributed by atoms with Gasteiger partial charge in [0.15, 0.2) is 5.13 Å². The third-order valence-electron chi connectivity index (χ3n) is 2.22. The molecule has 0 bridgehead atoms. The number of rotatable bonds is 7. The van der Waals surface area contributed by atoms with Gasteiger partial charge in [0.2, 0.25) is 0 Å². The van der Waals surface area contributed by atoms with Crippen molar-refractivity contribution in [3.05, 3.63) is 11.1 Å². The van der Waals surface area contributed by atoms with Crippen LogP contribution in [0.15, 0.2) is 6.20 Å². The molecule has 17 heavy (non-hydrogen) atoms. The third-order valence-corrected chi connectivity index (χ3v) is 3.13. The van der Waals surface area contributed by atoms with Crippen LogP contribution in [-0.4, -0.2) is 37.8 Å². The van der Waals surface area contributed by atoms with Crippen LogP contribution in [0.5, 0.6) is 0 Å². The zero-order valence-electron chi connectivity index (χ0n) is 10.4. The van der Waals surface area contributed by atoms with E-state index in [1.807, 2.05) is 0 Å². The fraction of sp³-hybridized carbons (Fsp3) is 0.636. The number of hydrogen-bond donors (Lipinski definition) is 1. The fourth-order valence-corrected chi connectivity index (χ4v) is 2.27. The first-order valence-electron chi connectivity index (χ1n) is 5.50. The molecule has 0 amide bonds. The van der Waals surface area contributed by atoms with Crippen LogP contribution in [-0.2, 0) is 9.47 Å². The Morgan fingerprint density at radius 1 is 1.59 bits per heavy atom. The van der Waals surface area contributed by atoms with Crippen molar-refractivity contribution in [2.75, 3.05) is 26.1 Å². The second-order valence-electron chi connectivity index (χ2n) is 3.61. The van der Waals surface area contributed by atoms with Gasteiger partial charge < -0.3 is 14.8 Å². The molecule has 0 aliphatic rings. The first kappa shape index (κ1) is 13.9. The highest BCUT2D eigenvalue weighted by atomic mass is 32.1. The molecule has 0 saturated carbocycles. The van der Waals surface area contributed by atoms with Crippen molar-refractivity contribution in [2.45, 2.75) is 25.8 Å². The molecule has 0 radical (unpaired) electrons. The van der Waals surface area contributed by atoms with E-state index in [9.17, 15) is 4.79 Å². The zero-order valence-corrected chi connectivity index (χ0v) is 11.2. The summed E-state index contributed by atoms with van der Waals surface area (Å²) in [4.78, 5) is 15.9. The summed E-state index contributed by atoms with van der Waals surface area (Å²) in [6.45, 7) is 2.74. The number of ether oxygens (including phenoxy) is 2. The van der Waals surface area contributed by atoms with Crippen LogP contribution in [0.3, 0.4) is 0 Å². The molecule has 1 N–H and O–H groups in total. The number of carbonyl (C=O) groups excluding carboxylic acids is 1. The lowest BCUT2D eigenvalue weighted by atomic mass is 10.2. The predicted octanol–water partition coefficient (Wildman–Crippen LogP) is 2.16. The number of methoxy groups -OCH3 is 2. The zero-order chi connectivity index (χ0) is 12.7. The number of esters is 1. The first-order chi connectivity index (χ1) is 8.21. The minimum atomic E-state index is -0.352. The summed E-state index contributed by atoms with van der Waals surface area (Å²) in [6, 6.07) is 0.224. The molecule has 96 valence electrons. The van der Waals surface area contributed by atoms with Gasteiger partial charge in [-0.25, -0.2) is 9.78 Å². The smallest absolute Gasteiger partial charge is 0.349 e. The molecular formula is C11H18N2O3S. The molecular weight excluding hydrogens is 240 g/mol. The Kier molecular flexibility index (Phi) is 5.93. The van der Waals surface area contributed by atoms with Crippen LogP contribution < -0.4 is 5.32 Å². The summed E-state index contributed by atoms with van der Waals surface area (Å²) in [5.41, 5.74) is 0. The molecule has 1 aromatic heterocycles. The number of carbonyl (C=O) groups is 1. The Hall–Kier alpha value is -1.14. The van der Waals surface area contributed by atoms with Gasteiger partial charge in [0, 0.05) is 7.11 Å². The van der Waals surface area contributed by atoms with E-state index in [4.69, 9.17) is 4.74 Å². The van der Waals surface area contributed by atoms with Crippen LogP contribution in [0.2, 0.25) is 0 Å². The van der Waals surface area contributed by atoms with E-state index in [0.29, 0.717) is 11.5 Å². The van der Waals surface area contributed by atoms with Gasteiger partial charge in [0.1, 0.15) is 4.88 Å². The maximum atomic E-state index is 11.3. The molecule has 0 fully saturated rings. The minimum absolute atomic E-state index is 0.224. The maximum absolute atomic E-state index is 11.3. The number of thiazole rings is 1. The van der Waals surface area contributed by atoms with E-state index >= 15 is 0 Å². The lowest BCUT2D eigenvalue weighted by Gasteiger charge is -2.15. The molecule has 0 aliphatic carbocycles. The highest BCUT2D eigenvalue weighted by Crippen LogP contribution is 2.20. The highest BCUT2D eigenvalue weighted by Gasteiger charge is 2.13. The van der Waals surface area contributed by atoms with E-state index < -0.39 is 0 Å². The van der Waals surface area contributed by atoms with Crippen molar-refractivity contribution in [3.8, 4) is 0 Å². The number of nitrogens with one attached hydrogen (secondary N) is 1. The Bertz CT molecular complexity index is 348. The van der Waals surface area contributed by atoms with E-state index in [-0.39, 0.29) is 12.0 Å². The number of nitrogens with zero attached hydrogens (tertiary/aromatic N) is 1. The summed E-state index contributed by atoms with van der Waals surface area (Å²) in [5, 5.41) is 3.98. The average Bonchev–Trinajstić information content (AvgIpc) is 2.77. The lowest BCUT2D eigenvalue weighted by Crippen LogP contribution is -2.24. The Labute approximate surface area is 105 Å². The summed E-state index contributed by atoms with van der Waals surface area (Å²) in [6.07, 6.45) is 3.59. The molecule has 1 aromatic rings. The highest BCUT2D eigenvalue weighted by molar-refractivity contribution is 7.17. The van der Waals surface area contributed by atoms with Crippen LogP contribution in [0.4, 0.5) is 5.13 Å². The van der Waals surface area contributed by atoms with Gasteiger partial charge in [0.05, 0.1) is 26.0 Å². The second kappa shape index (κ2) is 7.24. The monoisotopic (exact) mass is 258 g/mol. The van der Waals surface area contributed by atoms with Crippen molar-refractivity contribution in [2.24, 2.45) is 0 Å².